The molecule has 0 unspecified atom stereocenters. The van der Waals surface area contributed by atoms with Crippen LogP contribution in [0.5, 0.6) is 0 Å². The van der Waals surface area contributed by atoms with Gasteiger partial charge in [0, 0.05) is 11.8 Å². The lowest BCUT2D eigenvalue weighted by Crippen LogP contribution is -2.14. The third-order valence-corrected chi connectivity index (χ3v) is 5.38. The molecule has 1 aliphatic carbocycles. The van der Waals surface area contributed by atoms with Gasteiger partial charge in [0.1, 0.15) is 5.78 Å². The van der Waals surface area contributed by atoms with Crippen LogP contribution in [0.2, 0.25) is 0 Å². The zero-order valence-corrected chi connectivity index (χ0v) is 14.7. The largest absolute Gasteiger partial charge is 0.299 e. The molecular formula is C20H38O. The molecule has 0 bridgehead atoms. The molecule has 1 rings (SSSR count). The molecule has 0 atom stereocenters. The van der Waals surface area contributed by atoms with E-state index in [1.807, 2.05) is 0 Å². The van der Waals surface area contributed by atoms with Gasteiger partial charge >= 0.3 is 0 Å². The standard InChI is InChI=1S/C20H38O/c1-3-5-6-7-8-9-10-11-12-13-14-15-16-19(21)20(4-2)17-18-20/h3-18H2,1-2H3. The maximum Gasteiger partial charge on any atom is 0.139 e. The fraction of sp³-hybridized carbons (Fsp3) is 0.950. The Hall–Kier alpha value is -0.330. The Labute approximate surface area is 133 Å². The highest BCUT2D eigenvalue weighted by atomic mass is 16.1. The topological polar surface area (TPSA) is 17.1 Å². The van der Waals surface area contributed by atoms with Gasteiger partial charge in [0.15, 0.2) is 0 Å². The molecule has 1 fully saturated rings. The van der Waals surface area contributed by atoms with E-state index in [-0.39, 0.29) is 5.41 Å². The first-order chi connectivity index (χ1) is 10.2. The van der Waals surface area contributed by atoms with Crippen LogP contribution in [-0.4, -0.2) is 5.78 Å². The molecule has 0 aromatic rings. The minimum absolute atomic E-state index is 0.151. The Bertz CT molecular complexity index is 265. The third-order valence-electron chi connectivity index (χ3n) is 5.38. The van der Waals surface area contributed by atoms with Gasteiger partial charge in [0.2, 0.25) is 0 Å². The number of Topliss-reactive ketones (excluding diaryl/α,β-unsaturated/α-hetero) is 1. The molecule has 0 aromatic heterocycles. The van der Waals surface area contributed by atoms with Crippen molar-refractivity contribution >= 4 is 5.78 Å². The van der Waals surface area contributed by atoms with Crippen LogP contribution in [0.25, 0.3) is 0 Å². The van der Waals surface area contributed by atoms with Crippen LogP contribution in [0.15, 0.2) is 0 Å². The molecule has 0 amide bonds. The van der Waals surface area contributed by atoms with E-state index in [4.69, 9.17) is 0 Å². The summed E-state index contributed by atoms with van der Waals surface area (Å²) in [5.41, 5.74) is 0.151. The van der Waals surface area contributed by atoms with Gasteiger partial charge in [0.25, 0.3) is 0 Å². The quantitative estimate of drug-likeness (QED) is 0.302. The summed E-state index contributed by atoms with van der Waals surface area (Å²) >= 11 is 0. The SMILES string of the molecule is CCCCCCCCCCCCCCC(=O)C1(CC)CC1. The van der Waals surface area contributed by atoms with Crippen molar-refractivity contribution in [1.29, 1.82) is 0 Å². The van der Waals surface area contributed by atoms with Crippen LogP contribution in [0.4, 0.5) is 0 Å². The first kappa shape index (κ1) is 18.7. The highest BCUT2D eigenvalue weighted by Crippen LogP contribution is 2.50. The molecule has 21 heavy (non-hydrogen) atoms. The van der Waals surface area contributed by atoms with Crippen LogP contribution >= 0.6 is 0 Å². The van der Waals surface area contributed by atoms with Gasteiger partial charge in [-0.2, -0.15) is 0 Å². The van der Waals surface area contributed by atoms with Crippen molar-refractivity contribution in [3.63, 3.8) is 0 Å². The van der Waals surface area contributed by atoms with Gasteiger partial charge in [-0.1, -0.05) is 84.5 Å². The Morgan fingerprint density at radius 3 is 1.52 bits per heavy atom. The van der Waals surface area contributed by atoms with E-state index < -0.39 is 0 Å². The summed E-state index contributed by atoms with van der Waals surface area (Å²) in [6.45, 7) is 4.45. The predicted molar refractivity (Wildman–Crippen MR) is 92.7 cm³/mol. The van der Waals surface area contributed by atoms with Crippen molar-refractivity contribution < 1.29 is 4.79 Å². The second kappa shape index (κ2) is 11.3. The maximum atomic E-state index is 12.0. The average molecular weight is 295 g/mol. The van der Waals surface area contributed by atoms with Gasteiger partial charge in [-0.3, -0.25) is 4.79 Å². The lowest BCUT2D eigenvalue weighted by Gasteiger charge is -2.10. The number of unbranched alkanes of at least 4 members (excludes halogenated alkanes) is 11. The summed E-state index contributed by atoms with van der Waals surface area (Å²) in [5, 5.41) is 0. The van der Waals surface area contributed by atoms with E-state index in [1.165, 1.54) is 83.5 Å². The highest BCUT2D eigenvalue weighted by molar-refractivity contribution is 5.87. The Morgan fingerprint density at radius 1 is 0.714 bits per heavy atom. The van der Waals surface area contributed by atoms with Crippen molar-refractivity contribution in [2.75, 3.05) is 0 Å². The van der Waals surface area contributed by atoms with Crippen LogP contribution in [0.3, 0.4) is 0 Å². The second-order valence-corrected chi connectivity index (χ2v) is 7.20. The van der Waals surface area contributed by atoms with Gasteiger partial charge < -0.3 is 0 Å². The third kappa shape index (κ3) is 8.02. The number of hydrogen-bond acceptors (Lipinski definition) is 1. The summed E-state index contributed by atoms with van der Waals surface area (Å²) in [7, 11) is 0. The summed E-state index contributed by atoms with van der Waals surface area (Å²) in [6.07, 6.45) is 20.7. The van der Waals surface area contributed by atoms with Crippen LogP contribution in [0, 0.1) is 5.41 Å². The van der Waals surface area contributed by atoms with Crippen molar-refractivity contribution in [2.24, 2.45) is 5.41 Å². The van der Waals surface area contributed by atoms with Gasteiger partial charge in [-0.15, -0.1) is 0 Å². The average Bonchev–Trinajstić information content (AvgIpc) is 3.29. The number of hydrogen-bond donors (Lipinski definition) is 0. The lowest BCUT2D eigenvalue weighted by atomic mass is 9.93. The molecule has 1 aliphatic rings. The molecule has 0 aliphatic heterocycles. The van der Waals surface area contributed by atoms with E-state index >= 15 is 0 Å². The smallest absolute Gasteiger partial charge is 0.139 e. The fourth-order valence-electron chi connectivity index (χ4n) is 3.37. The normalized spacial score (nSPS) is 16.1. The second-order valence-electron chi connectivity index (χ2n) is 7.20. The van der Waals surface area contributed by atoms with Gasteiger partial charge in [0.05, 0.1) is 0 Å². The van der Waals surface area contributed by atoms with Crippen molar-refractivity contribution in [3.8, 4) is 0 Å². The molecule has 0 aromatic carbocycles. The fourth-order valence-corrected chi connectivity index (χ4v) is 3.37. The minimum Gasteiger partial charge on any atom is -0.299 e. The molecule has 0 N–H and O–H groups in total. The number of ketones is 1. The molecular weight excluding hydrogens is 256 g/mol. The zero-order valence-electron chi connectivity index (χ0n) is 14.7. The number of rotatable bonds is 15. The zero-order chi connectivity index (χ0) is 15.4. The highest BCUT2D eigenvalue weighted by Gasteiger charge is 2.46. The molecule has 1 saturated carbocycles. The Morgan fingerprint density at radius 2 is 1.14 bits per heavy atom. The van der Waals surface area contributed by atoms with E-state index in [9.17, 15) is 4.79 Å². The molecule has 0 heterocycles. The molecule has 1 heteroatoms. The number of carbonyl (C=O) groups is 1. The molecule has 0 radical (unpaired) electrons. The van der Waals surface area contributed by atoms with E-state index in [0.29, 0.717) is 5.78 Å². The van der Waals surface area contributed by atoms with Crippen LogP contribution < -0.4 is 0 Å². The summed E-state index contributed by atoms with van der Waals surface area (Å²) in [6, 6.07) is 0. The Balaban J connectivity index is 1.78. The lowest BCUT2D eigenvalue weighted by molar-refractivity contribution is -0.124. The van der Waals surface area contributed by atoms with Crippen molar-refractivity contribution in [2.45, 2.75) is 117 Å². The van der Waals surface area contributed by atoms with E-state index in [0.717, 1.165) is 19.3 Å². The van der Waals surface area contributed by atoms with E-state index in [2.05, 4.69) is 13.8 Å². The van der Waals surface area contributed by atoms with Crippen LogP contribution in [0.1, 0.15) is 117 Å². The molecule has 1 nitrogen and oxygen atoms in total. The van der Waals surface area contributed by atoms with Crippen molar-refractivity contribution in [3.05, 3.63) is 0 Å². The van der Waals surface area contributed by atoms with Gasteiger partial charge in [-0.25, -0.2) is 0 Å². The molecule has 0 saturated heterocycles. The summed E-state index contributed by atoms with van der Waals surface area (Å²) < 4.78 is 0. The van der Waals surface area contributed by atoms with Crippen molar-refractivity contribution in [1.82, 2.24) is 0 Å². The first-order valence-corrected chi connectivity index (χ1v) is 9.78. The summed E-state index contributed by atoms with van der Waals surface area (Å²) in [5.74, 6) is 0.567. The predicted octanol–water partition coefficient (Wildman–Crippen LogP) is 6.84. The van der Waals surface area contributed by atoms with Gasteiger partial charge in [-0.05, 0) is 25.7 Å². The maximum absolute atomic E-state index is 12.0. The molecule has 124 valence electrons. The first-order valence-electron chi connectivity index (χ1n) is 9.78. The minimum atomic E-state index is 0.151. The van der Waals surface area contributed by atoms with Crippen LogP contribution in [-0.2, 0) is 4.79 Å². The van der Waals surface area contributed by atoms with E-state index in [1.54, 1.807) is 0 Å². The monoisotopic (exact) mass is 294 g/mol. The Kier molecular flexibility index (Phi) is 10.0. The summed E-state index contributed by atoms with van der Waals surface area (Å²) in [4.78, 5) is 12.0. The number of carbonyl (C=O) groups excluding carboxylic acids is 1. The molecule has 0 spiro atoms.